The zero-order valence-corrected chi connectivity index (χ0v) is 64.8. The van der Waals surface area contributed by atoms with Gasteiger partial charge in [-0.25, -0.2) is 9.13 Å². The van der Waals surface area contributed by atoms with Crippen LogP contribution in [0.3, 0.4) is 0 Å². The van der Waals surface area contributed by atoms with Gasteiger partial charge < -0.3 is 33.8 Å². The number of aliphatic hydroxyl groups is 1. The standard InChI is InChI=1S/C77H150O17P2/c1-9-69(7)55-47-39-31-24-19-17-15-13-11-12-14-16-18-20-25-32-41-49-57-74(79)87-64-73(94-77(82)60-52-44-36-35-40-48-56-70(8)10-2)66-92-96(85,86)90-62-71(78)61-89-95(83,84)91-65-72(63-88-75(80)58-50-42-33-28-27-30-38-46-54-68(5)6)93-76(81)59-51-43-34-26-22-21-23-29-37-45-53-67(3)4/h67-73,78H,9-66H2,1-8H3,(H,83,84)(H,85,86)/t69?,70?,71?,72-,73-/m1/s1. The number of ether oxygens (including phenoxy) is 4. The lowest BCUT2D eigenvalue weighted by atomic mass is 9.99. The van der Waals surface area contributed by atoms with E-state index in [-0.39, 0.29) is 25.7 Å². The van der Waals surface area contributed by atoms with Crippen molar-refractivity contribution in [3.05, 3.63) is 0 Å². The molecular formula is C77H150O17P2. The number of aliphatic hydroxyl groups excluding tert-OH is 1. The number of carbonyl (C=O) groups is 4. The first-order chi connectivity index (χ1) is 46.2. The van der Waals surface area contributed by atoms with Gasteiger partial charge in [-0.3, -0.25) is 37.3 Å². The van der Waals surface area contributed by atoms with Crippen LogP contribution < -0.4 is 0 Å². The van der Waals surface area contributed by atoms with Gasteiger partial charge in [0.2, 0.25) is 0 Å². The van der Waals surface area contributed by atoms with Crippen LogP contribution in [0.4, 0.5) is 0 Å². The molecule has 570 valence electrons. The smallest absolute Gasteiger partial charge is 0.462 e. The van der Waals surface area contributed by atoms with E-state index in [1.165, 1.54) is 193 Å². The SMILES string of the molecule is CCC(C)CCCCCCCCCCCCCCCCCCCCC(=O)OC[C@H](COP(=O)(O)OCC(O)COP(=O)(O)OC[C@@H](COC(=O)CCCCCCCCCCC(C)C)OC(=O)CCCCCCCCCCCCC(C)C)OC(=O)CCCCCCCCC(C)CC. The number of hydrogen-bond acceptors (Lipinski definition) is 15. The number of phosphoric ester groups is 2. The number of carbonyl (C=O) groups excluding carboxylic acids is 4. The summed E-state index contributed by atoms with van der Waals surface area (Å²) in [5, 5.41) is 10.6. The molecule has 0 heterocycles. The predicted octanol–water partition coefficient (Wildman–Crippen LogP) is 22.4. The van der Waals surface area contributed by atoms with E-state index in [0.29, 0.717) is 25.7 Å². The van der Waals surface area contributed by atoms with E-state index < -0.39 is 97.5 Å². The fourth-order valence-electron chi connectivity index (χ4n) is 11.7. The average Bonchev–Trinajstić information content (AvgIpc) is 1.08. The van der Waals surface area contributed by atoms with Crippen molar-refractivity contribution in [3.63, 3.8) is 0 Å². The summed E-state index contributed by atoms with van der Waals surface area (Å²) in [5.74, 6) is 0.948. The maximum Gasteiger partial charge on any atom is 0.472 e. The van der Waals surface area contributed by atoms with Crippen LogP contribution in [0, 0.1) is 23.7 Å². The Morgan fingerprint density at radius 1 is 0.292 bits per heavy atom. The fraction of sp³-hybridized carbons (Fsp3) is 0.948. The minimum atomic E-state index is -4.96. The van der Waals surface area contributed by atoms with Crippen molar-refractivity contribution in [2.75, 3.05) is 39.6 Å². The number of rotatable bonds is 74. The molecule has 0 spiro atoms. The van der Waals surface area contributed by atoms with Gasteiger partial charge in [0.15, 0.2) is 12.2 Å². The predicted molar refractivity (Wildman–Crippen MR) is 391 cm³/mol. The van der Waals surface area contributed by atoms with Crippen LogP contribution in [0.5, 0.6) is 0 Å². The maximum absolute atomic E-state index is 13.1. The van der Waals surface area contributed by atoms with Gasteiger partial charge in [-0.15, -0.1) is 0 Å². The molecule has 0 aromatic rings. The van der Waals surface area contributed by atoms with E-state index >= 15 is 0 Å². The summed E-state index contributed by atoms with van der Waals surface area (Å²) in [7, 11) is -9.91. The van der Waals surface area contributed by atoms with Crippen molar-refractivity contribution in [3.8, 4) is 0 Å². The Bertz CT molecular complexity index is 1890. The molecule has 0 rings (SSSR count). The first-order valence-electron chi connectivity index (χ1n) is 39.8. The minimum Gasteiger partial charge on any atom is -0.462 e. The van der Waals surface area contributed by atoms with Crippen molar-refractivity contribution in [2.24, 2.45) is 23.7 Å². The molecule has 0 aromatic heterocycles. The molecule has 0 radical (unpaired) electrons. The highest BCUT2D eigenvalue weighted by Crippen LogP contribution is 2.45. The van der Waals surface area contributed by atoms with Crippen LogP contribution in [0.15, 0.2) is 0 Å². The van der Waals surface area contributed by atoms with Gasteiger partial charge in [0, 0.05) is 25.7 Å². The lowest BCUT2D eigenvalue weighted by molar-refractivity contribution is -0.161. The van der Waals surface area contributed by atoms with Gasteiger partial charge in [-0.05, 0) is 49.4 Å². The third-order valence-electron chi connectivity index (χ3n) is 18.5. The molecular weight excluding hydrogens is 1260 g/mol. The van der Waals surface area contributed by atoms with Gasteiger partial charge >= 0.3 is 39.5 Å². The summed E-state index contributed by atoms with van der Waals surface area (Å²) >= 11 is 0. The molecule has 96 heavy (non-hydrogen) atoms. The lowest BCUT2D eigenvalue weighted by Crippen LogP contribution is -2.30. The number of unbranched alkanes of at least 4 members (excludes halogenated alkanes) is 38. The molecule has 19 heteroatoms. The molecule has 0 aliphatic heterocycles. The van der Waals surface area contributed by atoms with Gasteiger partial charge in [0.25, 0.3) is 0 Å². The van der Waals surface area contributed by atoms with Crippen molar-refractivity contribution >= 4 is 39.5 Å². The second-order valence-electron chi connectivity index (χ2n) is 29.2. The summed E-state index contributed by atoms with van der Waals surface area (Å²) in [6.45, 7) is 14.2. The Morgan fingerprint density at radius 2 is 0.500 bits per heavy atom. The quantitative estimate of drug-likeness (QED) is 0.0222. The highest BCUT2D eigenvalue weighted by Gasteiger charge is 2.30. The summed E-state index contributed by atoms with van der Waals surface area (Å²) in [5.41, 5.74) is 0. The molecule has 0 aliphatic rings. The molecule has 7 atom stereocenters. The first-order valence-corrected chi connectivity index (χ1v) is 42.8. The largest absolute Gasteiger partial charge is 0.472 e. The molecule has 0 aromatic carbocycles. The topological polar surface area (TPSA) is 237 Å². The first kappa shape index (κ1) is 94.1. The molecule has 5 unspecified atom stereocenters. The fourth-order valence-corrected chi connectivity index (χ4v) is 13.2. The van der Waals surface area contributed by atoms with E-state index in [1.54, 1.807) is 0 Å². The molecule has 0 saturated heterocycles. The van der Waals surface area contributed by atoms with Crippen LogP contribution in [-0.4, -0.2) is 96.7 Å². The highest BCUT2D eigenvalue weighted by atomic mass is 31.2. The minimum absolute atomic E-state index is 0.103. The van der Waals surface area contributed by atoms with Crippen molar-refractivity contribution < 1.29 is 80.2 Å². The molecule has 0 fully saturated rings. The van der Waals surface area contributed by atoms with Crippen LogP contribution in [-0.2, 0) is 65.4 Å². The Balaban J connectivity index is 5.14. The van der Waals surface area contributed by atoms with E-state index in [0.717, 1.165) is 114 Å². The molecule has 0 amide bonds. The van der Waals surface area contributed by atoms with E-state index in [9.17, 15) is 43.2 Å². The third kappa shape index (κ3) is 67.9. The molecule has 0 saturated carbocycles. The normalized spacial score (nSPS) is 14.7. The molecule has 0 bridgehead atoms. The van der Waals surface area contributed by atoms with E-state index in [2.05, 4.69) is 55.4 Å². The summed E-state index contributed by atoms with van der Waals surface area (Å²) < 4.78 is 68.5. The van der Waals surface area contributed by atoms with Crippen molar-refractivity contribution in [1.29, 1.82) is 0 Å². The summed E-state index contributed by atoms with van der Waals surface area (Å²) in [6, 6.07) is 0. The van der Waals surface area contributed by atoms with Crippen LogP contribution in [0.1, 0.15) is 389 Å². The van der Waals surface area contributed by atoms with Crippen LogP contribution >= 0.6 is 15.6 Å². The van der Waals surface area contributed by atoms with Crippen molar-refractivity contribution in [2.45, 2.75) is 408 Å². The highest BCUT2D eigenvalue weighted by molar-refractivity contribution is 7.47. The second-order valence-corrected chi connectivity index (χ2v) is 32.1. The van der Waals surface area contributed by atoms with Crippen LogP contribution in [0.25, 0.3) is 0 Å². The third-order valence-corrected chi connectivity index (χ3v) is 20.4. The monoisotopic (exact) mass is 1410 g/mol. The summed E-state index contributed by atoms with van der Waals surface area (Å²) in [6.07, 6.45) is 51.6. The zero-order chi connectivity index (χ0) is 71.0. The zero-order valence-electron chi connectivity index (χ0n) is 63.0. The van der Waals surface area contributed by atoms with Gasteiger partial charge in [-0.2, -0.15) is 0 Å². The van der Waals surface area contributed by atoms with Gasteiger partial charge in [-0.1, -0.05) is 338 Å². The Morgan fingerprint density at radius 3 is 0.740 bits per heavy atom. The van der Waals surface area contributed by atoms with Gasteiger partial charge in [0.05, 0.1) is 26.4 Å². The molecule has 17 nitrogen and oxygen atoms in total. The lowest BCUT2D eigenvalue weighted by Gasteiger charge is -2.21. The average molecular weight is 1410 g/mol. The molecule has 0 aliphatic carbocycles. The Labute approximate surface area is 588 Å². The van der Waals surface area contributed by atoms with Crippen molar-refractivity contribution in [1.82, 2.24) is 0 Å². The number of hydrogen-bond donors (Lipinski definition) is 3. The Hall–Kier alpha value is -1.94. The number of phosphoric acid groups is 2. The second kappa shape index (κ2) is 66.3. The van der Waals surface area contributed by atoms with E-state index in [4.69, 9.17) is 37.0 Å². The summed E-state index contributed by atoms with van der Waals surface area (Å²) in [4.78, 5) is 72.8. The van der Waals surface area contributed by atoms with E-state index in [1.807, 2.05) is 0 Å². The molecule has 3 N–H and O–H groups in total. The maximum atomic E-state index is 13.1. The van der Waals surface area contributed by atoms with Gasteiger partial charge in [0.1, 0.15) is 19.3 Å². The van der Waals surface area contributed by atoms with Crippen LogP contribution in [0.2, 0.25) is 0 Å². The Kier molecular flexibility index (Phi) is 65.0. The number of esters is 4.